The van der Waals surface area contributed by atoms with E-state index in [2.05, 4.69) is 109 Å². The fraction of sp³-hybridized carbons (Fsp3) is 0.0370. The van der Waals surface area contributed by atoms with Gasteiger partial charge in [-0.15, -0.1) is 0 Å². The van der Waals surface area contributed by atoms with Gasteiger partial charge in [0, 0.05) is 28.7 Å². The molecule has 1 aromatic heterocycles. The summed E-state index contributed by atoms with van der Waals surface area (Å²) in [4.78, 5) is 0. The van der Waals surface area contributed by atoms with Gasteiger partial charge in [-0.3, -0.25) is 0 Å². The van der Waals surface area contributed by atoms with E-state index in [1.807, 2.05) is 0 Å². The second kappa shape index (κ2) is 5.71. The first-order valence-corrected chi connectivity index (χ1v) is 9.69. The first-order chi connectivity index (χ1) is 13.8. The van der Waals surface area contributed by atoms with Crippen LogP contribution in [0.2, 0.25) is 0 Å². The Morgan fingerprint density at radius 2 is 1.25 bits per heavy atom. The van der Waals surface area contributed by atoms with Gasteiger partial charge in [0.1, 0.15) is 0 Å². The van der Waals surface area contributed by atoms with E-state index >= 15 is 0 Å². The van der Waals surface area contributed by atoms with E-state index in [-0.39, 0.29) is 0 Å². The predicted molar refractivity (Wildman–Crippen MR) is 121 cm³/mol. The molecular formula is C27H19N. The van der Waals surface area contributed by atoms with Gasteiger partial charge >= 0.3 is 0 Å². The van der Waals surface area contributed by atoms with Gasteiger partial charge in [0.25, 0.3) is 0 Å². The summed E-state index contributed by atoms with van der Waals surface area (Å²) in [6.07, 6.45) is 0. The molecule has 0 saturated carbocycles. The van der Waals surface area contributed by atoms with E-state index < -0.39 is 0 Å². The van der Waals surface area contributed by atoms with Crippen molar-refractivity contribution in [3.63, 3.8) is 0 Å². The van der Waals surface area contributed by atoms with Crippen molar-refractivity contribution in [2.24, 2.45) is 7.05 Å². The molecule has 0 amide bonds. The number of aryl methyl sites for hydroxylation is 1. The highest BCUT2D eigenvalue weighted by molar-refractivity contribution is 6.18. The van der Waals surface area contributed by atoms with E-state index in [9.17, 15) is 0 Å². The molecule has 0 radical (unpaired) electrons. The van der Waals surface area contributed by atoms with Crippen molar-refractivity contribution >= 4 is 43.4 Å². The Kier molecular flexibility index (Phi) is 3.15. The number of fused-ring (bicyclic) bond motifs is 6. The van der Waals surface area contributed by atoms with Gasteiger partial charge in [-0.25, -0.2) is 0 Å². The molecular weight excluding hydrogens is 338 g/mol. The van der Waals surface area contributed by atoms with E-state index in [1.54, 1.807) is 0 Å². The summed E-state index contributed by atoms with van der Waals surface area (Å²) < 4.78 is 2.33. The minimum absolute atomic E-state index is 1.27. The second-order valence-corrected chi connectivity index (χ2v) is 7.50. The summed E-state index contributed by atoms with van der Waals surface area (Å²) in [7, 11) is 2.18. The topological polar surface area (TPSA) is 4.93 Å². The van der Waals surface area contributed by atoms with Crippen molar-refractivity contribution in [1.29, 1.82) is 0 Å². The number of hydrogen-bond donors (Lipinski definition) is 0. The van der Waals surface area contributed by atoms with Crippen LogP contribution < -0.4 is 0 Å². The lowest BCUT2D eigenvalue weighted by Gasteiger charge is -2.07. The lowest BCUT2D eigenvalue weighted by atomic mass is 9.97. The Morgan fingerprint density at radius 3 is 2.11 bits per heavy atom. The minimum Gasteiger partial charge on any atom is -0.343 e. The van der Waals surface area contributed by atoms with Gasteiger partial charge < -0.3 is 4.57 Å². The Hall–Kier alpha value is -3.58. The Balaban J connectivity index is 1.71. The fourth-order valence-corrected chi connectivity index (χ4v) is 4.64. The normalized spacial score (nSPS) is 11.8. The molecule has 0 unspecified atom stereocenters. The maximum Gasteiger partial charge on any atom is 0.0568 e. The van der Waals surface area contributed by atoms with Crippen molar-refractivity contribution in [2.75, 3.05) is 0 Å². The van der Waals surface area contributed by atoms with Crippen LogP contribution in [0.5, 0.6) is 0 Å². The molecule has 1 nitrogen and oxygen atoms in total. The van der Waals surface area contributed by atoms with Crippen LogP contribution in [0.15, 0.2) is 97.1 Å². The summed E-state index contributed by atoms with van der Waals surface area (Å²) >= 11 is 0. The summed E-state index contributed by atoms with van der Waals surface area (Å²) in [6, 6.07) is 35.2. The molecule has 0 atom stereocenters. The third kappa shape index (κ3) is 2.07. The summed E-state index contributed by atoms with van der Waals surface area (Å²) in [6.45, 7) is 0. The zero-order valence-corrected chi connectivity index (χ0v) is 15.7. The maximum absolute atomic E-state index is 2.36. The zero-order chi connectivity index (χ0) is 18.7. The van der Waals surface area contributed by atoms with Crippen LogP contribution >= 0.6 is 0 Å². The van der Waals surface area contributed by atoms with Crippen LogP contribution in [0.3, 0.4) is 0 Å². The maximum atomic E-state index is 2.36. The molecule has 0 fully saturated rings. The third-order valence-electron chi connectivity index (χ3n) is 5.98. The SMILES string of the molecule is Cn1c2ccc(-c3cccc4ccccc34)cc2c2ccc3ccccc3c21. The van der Waals surface area contributed by atoms with Crippen LogP contribution in [0.1, 0.15) is 0 Å². The van der Waals surface area contributed by atoms with E-state index in [0.717, 1.165) is 0 Å². The van der Waals surface area contributed by atoms with Crippen molar-refractivity contribution in [3.05, 3.63) is 97.1 Å². The number of aromatic nitrogens is 1. The number of hydrogen-bond acceptors (Lipinski definition) is 0. The molecule has 5 aromatic carbocycles. The molecule has 0 spiro atoms. The first-order valence-electron chi connectivity index (χ1n) is 9.69. The predicted octanol–water partition coefficient (Wildman–Crippen LogP) is 7.30. The molecule has 0 aliphatic rings. The lowest BCUT2D eigenvalue weighted by Crippen LogP contribution is -1.88. The molecule has 0 N–H and O–H groups in total. The molecule has 6 rings (SSSR count). The summed E-state index contributed by atoms with van der Waals surface area (Å²) in [5.74, 6) is 0. The largest absolute Gasteiger partial charge is 0.343 e. The van der Waals surface area contributed by atoms with Gasteiger partial charge in [-0.2, -0.15) is 0 Å². The molecule has 1 heterocycles. The highest BCUT2D eigenvalue weighted by Gasteiger charge is 2.13. The third-order valence-corrected chi connectivity index (χ3v) is 5.98. The van der Waals surface area contributed by atoms with E-state index in [0.29, 0.717) is 0 Å². The average molecular weight is 357 g/mol. The molecule has 0 bridgehead atoms. The van der Waals surface area contributed by atoms with Gasteiger partial charge in [-0.1, -0.05) is 84.9 Å². The second-order valence-electron chi connectivity index (χ2n) is 7.50. The van der Waals surface area contributed by atoms with Crippen molar-refractivity contribution in [2.45, 2.75) is 0 Å². The van der Waals surface area contributed by atoms with Crippen LogP contribution in [0.25, 0.3) is 54.5 Å². The molecule has 0 saturated heterocycles. The zero-order valence-electron chi connectivity index (χ0n) is 15.7. The smallest absolute Gasteiger partial charge is 0.0568 e. The lowest BCUT2D eigenvalue weighted by molar-refractivity contribution is 1.02. The summed E-state index contributed by atoms with van der Waals surface area (Å²) in [5.41, 5.74) is 5.14. The Morgan fingerprint density at radius 1 is 0.536 bits per heavy atom. The van der Waals surface area contributed by atoms with E-state index in [1.165, 1.54) is 54.5 Å². The standard InChI is InChI=1S/C27H19N/c1-28-26-16-14-20(22-12-6-9-18-7-2-4-10-21(18)22)17-25(26)24-15-13-19-8-3-5-11-23(19)27(24)28/h2-17H,1H3. The van der Waals surface area contributed by atoms with Gasteiger partial charge in [0.2, 0.25) is 0 Å². The first kappa shape index (κ1) is 15.5. The van der Waals surface area contributed by atoms with Crippen LogP contribution in [-0.2, 0) is 7.05 Å². The molecule has 28 heavy (non-hydrogen) atoms. The van der Waals surface area contributed by atoms with Crippen LogP contribution in [0, 0.1) is 0 Å². The van der Waals surface area contributed by atoms with Crippen LogP contribution in [0.4, 0.5) is 0 Å². The van der Waals surface area contributed by atoms with Gasteiger partial charge in [0.15, 0.2) is 0 Å². The van der Waals surface area contributed by atoms with Crippen molar-refractivity contribution < 1.29 is 0 Å². The molecule has 0 aliphatic carbocycles. The van der Waals surface area contributed by atoms with E-state index in [4.69, 9.17) is 0 Å². The molecule has 132 valence electrons. The number of benzene rings is 5. The molecule has 6 aromatic rings. The summed E-state index contributed by atoms with van der Waals surface area (Å²) in [5, 5.41) is 7.81. The Labute approximate surface area is 163 Å². The highest BCUT2D eigenvalue weighted by Crippen LogP contribution is 2.37. The fourth-order valence-electron chi connectivity index (χ4n) is 4.64. The number of rotatable bonds is 1. The quantitative estimate of drug-likeness (QED) is 0.291. The molecule has 0 aliphatic heterocycles. The van der Waals surface area contributed by atoms with Gasteiger partial charge in [-0.05, 0) is 39.4 Å². The van der Waals surface area contributed by atoms with Crippen LogP contribution in [-0.4, -0.2) is 4.57 Å². The highest BCUT2D eigenvalue weighted by atomic mass is 14.9. The number of nitrogens with zero attached hydrogens (tertiary/aromatic N) is 1. The van der Waals surface area contributed by atoms with Gasteiger partial charge in [0.05, 0.1) is 5.52 Å². The minimum atomic E-state index is 1.27. The van der Waals surface area contributed by atoms with Crippen molar-refractivity contribution in [1.82, 2.24) is 4.57 Å². The van der Waals surface area contributed by atoms with Crippen molar-refractivity contribution in [3.8, 4) is 11.1 Å². The average Bonchev–Trinajstić information content (AvgIpc) is 3.05. The molecule has 1 heteroatoms. The monoisotopic (exact) mass is 357 g/mol. The Bertz CT molecular complexity index is 1510.